The average molecular weight is 385 g/mol. The number of esters is 1. The van der Waals surface area contributed by atoms with Crippen molar-refractivity contribution in [2.45, 2.75) is 6.04 Å². The smallest absolute Gasteiger partial charge is 0.340 e. The number of aromatic nitrogens is 4. The van der Waals surface area contributed by atoms with Crippen LogP contribution in [0.1, 0.15) is 22.1 Å². The van der Waals surface area contributed by atoms with Crippen LogP contribution in [0, 0.1) is 0 Å². The maximum absolute atomic E-state index is 12.2. The molecule has 12 nitrogen and oxygen atoms in total. The van der Waals surface area contributed by atoms with Crippen LogP contribution in [-0.2, 0) is 4.74 Å². The Kier molecular flexibility index (Phi) is 5.02. The maximum Gasteiger partial charge on any atom is 0.340 e. The molecule has 0 radical (unpaired) electrons. The summed E-state index contributed by atoms with van der Waals surface area (Å²) < 4.78 is 5.19. The topological polar surface area (TPSA) is 199 Å². The molecule has 0 saturated heterocycles. The van der Waals surface area contributed by atoms with E-state index in [1.54, 1.807) is 0 Å². The summed E-state index contributed by atoms with van der Waals surface area (Å²) in [6, 6.07) is 0.902. The Morgan fingerprint density at radius 2 is 2.04 bits per heavy atom. The number of anilines is 1. The molecule has 144 valence electrons. The van der Waals surface area contributed by atoms with Crippen LogP contribution in [0.3, 0.4) is 0 Å². The minimum Gasteiger partial charge on any atom is -0.459 e. The van der Waals surface area contributed by atoms with Crippen molar-refractivity contribution in [3.63, 3.8) is 0 Å². The van der Waals surface area contributed by atoms with Gasteiger partial charge in [0.1, 0.15) is 12.6 Å². The van der Waals surface area contributed by atoms with Gasteiger partial charge in [0.25, 0.3) is 5.56 Å². The van der Waals surface area contributed by atoms with Crippen molar-refractivity contribution < 1.29 is 14.3 Å². The van der Waals surface area contributed by atoms with Gasteiger partial charge in [-0.25, -0.2) is 14.4 Å². The number of pyridine rings is 2. The molecule has 0 aliphatic heterocycles. The zero-order valence-electron chi connectivity index (χ0n) is 14.3. The van der Waals surface area contributed by atoms with Gasteiger partial charge in [-0.05, 0) is 12.1 Å². The summed E-state index contributed by atoms with van der Waals surface area (Å²) in [5.41, 5.74) is 10.2. The van der Waals surface area contributed by atoms with Gasteiger partial charge in [0.2, 0.25) is 0 Å². The molecule has 0 bridgehead atoms. The summed E-state index contributed by atoms with van der Waals surface area (Å²) in [6.45, 7) is -0.330. The van der Waals surface area contributed by atoms with Crippen LogP contribution in [0.4, 0.5) is 10.5 Å². The number of aromatic amines is 2. The Morgan fingerprint density at radius 1 is 1.25 bits per heavy atom. The maximum atomic E-state index is 12.2. The van der Waals surface area contributed by atoms with Crippen LogP contribution >= 0.6 is 0 Å². The summed E-state index contributed by atoms with van der Waals surface area (Å²) in [5.74, 6) is -0.737. The predicted octanol–water partition coefficient (Wildman–Crippen LogP) is -0.845. The third-order valence-corrected chi connectivity index (χ3v) is 3.77. The first kappa shape index (κ1) is 18.6. The molecule has 0 aliphatic carbocycles. The Hall–Kier alpha value is -4.22. The lowest BCUT2D eigenvalue weighted by Crippen LogP contribution is -2.36. The molecule has 1 unspecified atom stereocenters. The lowest BCUT2D eigenvalue weighted by Gasteiger charge is -2.17. The van der Waals surface area contributed by atoms with E-state index >= 15 is 0 Å². The van der Waals surface area contributed by atoms with Gasteiger partial charge >= 0.3 is 17.7 Å². The van der Waals surface area contributed by atoms with Crippen LogP contribution in [0.25, 0.3) is 10.9 Å². The highest BCUT2D eigenvalue weighted by molar-refractivity contribution is 5.94. The molecule has 0 aromatic carbocycles. The van der Waals surface area contributed by atoms with Crippen molar-refractivity contribution >= 4 is 28.6 Å². The average Bonchev–Trinajstić information content (AvgIpc) is 2.64. The van der Waals surface area contributed by atoms with E-state index in [1.165, 1.54) is 30.7 Å². The van der Waals surface area contributed by atoms with Gasteiger partial charge < -0.3 is 26.5 Å². The van der Waals surface area contributed by atoms with Crippen LogP contribution in [0.2, 0.25) is 0 Å². The normalized spacial score (nSPS) is 11.7. The molecule has 28 heavy (non-hydrogen) atoms. The molecule has 1 atom stereocenters. The third-order valence-electron chi connectivity index (χ3n) is 3.77. The van der Waals surface area contributed by atoms with Gasteiger partial charge in [0, 0.05) is 6.20 Å². The van der Waals surface area contributed by atoms with E-state index in [1.807, 2.05) is 0 Å². The molecule has 3 heterocycles. The Labute approximate surface area is 155 Å². The molecule has 2 amide bonds. The fraction of sp³-hybridized carbons (Fsp3) is 0.125. The quantitative estimate of drug-likeness (QED) is 0.350. The van der Waals surface area contributed by atoms with Crippen LogP contribution in [0.5, 0.6) is 0 Å². The zero-order chi connectivity index (χ0) is 20.3. The number of hydrogen-bond donors (Lipinski definition) is 5. The van der Waals surface area contributed by atoms with Crippen molar-refractivity contribution in [3.05, 3.63) is 62.8 Å². The summed E-state index contributed by atoms with van der Waals surface area (Å²) in [4.78, 5) is 59.2. The minimum atomic E-state index is -0.944. The molecule has 0 saturated carbocycles. The number of primary amides is 1. The lowest BCUT2D eigenvalue weighted by molar-refractivity contribution is 0.0468. The number of nitrogens with zero attached hydrogens (tertiary/aromatic N) is 2. The highest BCUT2D eigenvalue weighted by Gasteiger charge is 2.20. The number of amides is 2. The van der Waals surface area contributed by atoms with E-state index < -0.39 is 29.3 Å². The van der Waals surface area contributed by atoms with Gasteiger partial charge in [-0.3, -0.25) is 19.7 Å². The number of nitrogens with two attached hydrogens (primary N) is 2. The number of nitrogen functional groups attached to an aromatic ring is 1. The van der Waals surface area contributed by atoms with Gasteiger partial charge in [0.15, 0.2) is 0 Å². The minimum absolute atomic E-state index is 0.105. The second-order valence-electron chi connectivity index (χ2n) is 5.69. The van der Waals surface area contributed by atoms with Crippen molar-refractivity contribution in [3.8, 4) is 0 Å². The lowest BCUT2D eigenvalue weighted by atomic mass is 10.1. The van der Waals surface area contributed by atoms with E-state index in [4.69, 9.17) is 16.2 Å². The molecule has 0 aliphatic rings. The van der Waals surface area contributed by atoms with Gasteiger partial charge in [0.05, 0.1) is 40.2 Å². The van der Waals surface area contributed by atoms with Crippen LogP contribution < -0.4 is 28.0 Å². The summed E-state index contributed by atoms with van der Waals surface area (Å²) >= 11 is 0. The number of nitrogens with one attached hydrogen (secondary N) is 3. The number of fused-ring (bicyclic) bond motifs is 1. The molecule has 12 heteroatoms. The Bertz CT molecular complexity index is 1170. The first-order chi connectivity index (χ1) is 13.3. The third kappa shape index (κ3) is 3.95. The monoisotopic (exact) mass is 385 g/mol. The highest BCUT2D eigenvalue weighted by Crippen LogP contribution is 2.16. The summed E-state index contributed by atoms with van der Waals surface area (Å²) in [6.07, 6.45) is 3.93. The molecule has 0 fully saturated rings. The number of hydrogen-bond acceptors (Lipinski definition) is 8. The van der Waals surface area contributed by atoms with Crippen molar-refractivity contribution in [2.24, 2.45) is 5.73 Å². The second kappa shape index (κ2) is 7.57. The fourth-order valence-corrected chi connectivity index (χ4v) is 2.48. The largest absolute Gasteiger partial charge is 0.459 e. The SMILES string of the molecule is NC(=O)NC(COC(=O)c1ccncc1N)c1cc2c(=O)[nH]c(=O)[nH]c2cn1. The van der Waals surface area contributed by atoms with E-state index in [2.05, 4.69) is 25.3 Å². The first-order valence-electron chi connectivity index (χ1n) is 7.90. The van der Waals surface area contributed by atoms with Crippen molar-refractivity contribution in [1.82, 2.24) is 25.3 Å². The summed E-state index contributed by atoms with van der Waals surface area (Å²) in [5, 5.41) is 2.51. The Morgan fingerprint density at radius 3 is 2.75 bits per heavy atom. The van der Waals surface area contributed by atoms with Gasteiger partial charge in [-0.2, -0.15) is 0 Å². The molecular weight excluding hydrogens is 370 g/mol. The number of urea groups is 1. The number of carbonyl (C=O) groups excluding carboxylic acids is 2. The van der Waals surface area contributed by atoms with Crippen molar-refractivity contribution in [2.75, 3.05) is 12.3 Å². The molecular formula is C16H15N7O5. The fourth-order valence-electron chi connectivity index (χ4n) is 2.48. The van der Waals surface area contributed by atoms with Gasteiger partial charge in [-0.15, -0.1) is 0 Å². The second-order valence-corrected chi connectivity index (χ2v) is 5.69. The molecule has 7 N–H and O–H groups in total. The molecule has 0 spiro atoms. The standard InChI is InChI=1S/C16H15N7O5/c17-9-4-19-2-1-7(9)14(25)28-6-12(21-15(18)26)10-3-8-11(5-20-10)22-16(27)23-13(8)24/h1-5,12H,6,17H2,(H3,18,21,26)(H2,22,23,24,27). The number of rotatable bonds is 5. The molecule has 3 rings (SSSR count). The number of carbonyl (C=O) groups is 2. The van der Waals surface area contributed by atoms with E-state index in [9.17, 15) is 19.2 Å². The first-order valence-corrected chi connectivity index (χ1v) is 7.90. The van der Waals surface area contributed by atoms with Crippen LogP contribution in [0.15, 0.2) is 40.3 Å². The van der Waals surface area contributed by atoms with Gasteiger partial charge in [-0.1, -0.05) is 0 Å². The number of H-pyrrole nitrogens is 2. The van der Waals surface area contributed by atoms with E-state index in [0.29, 0.717) is 0 Å². The van der Waals surface area contributed by atoms with Crippen molar-refractivity contribution in [1.29, 1.82) is 0 Å². The Balaban J connectivity index is 1.88. The highest BCUT2D eigenvalue weighted by atomic mass is 16.5. The predicted molar refractivity (Wildman–Crippen MR) is 97.4 cm³/mol. The molecule has 3 aromatic heterocycles. The zero-order valence-corrected chi connectivity index (χ0v) is 14.3. The van der Waals surface area contributed by atoms with E-state index in [0.717, 1.165) is 0 Å². The molecule has 3 aromatic rings. The van der Waals surface area contributed by atoms with Crippen LogP contribution in [-0.4, -0.2) is 38.5 Å². The number of ether oxygens (including phenoxy) is 1. The summed E-state index contributed by atoms with van der Waals surface area (Å²) in [7, 11) is 0. The van der Waals surface area contributed by atoms with E-state index in [-0.39, 0.29) is 34.5 Å².